The van der Waals surface area contributed by atoms with Gasteiger partial charge in [-0.2, -0.15) is 0 Å². The summed E-state index contributed by atoms with van der Waals surface area (Å²) in [6, 6.07) is 0. The van der Waals surface area contributed by atoms with Crippen molar-refractivity contribution in [2.45, 2.75) is 13.3 Å². The lowest BCUT2D eigenvalue weighted by atomic mass is 10.2. The first-order valence-corrected chi connectivity index (χ1v) is 3.25. The van der Waals surface area contributed by atoms with Crippen molar-refractivity contribution in [1.29, 1.82) is 0 Å². The summed E-state index contributed by atoms with van der Waals surface area (Å²) >= 11 is 0. The van der Waals surface area contributed by atoms with Crippen molar-refractivity contribution in [3.05, 3.63) is 12.2 Å². The molecule has 0 saturated heterocycles. The van der Waals surface area contributed by atoms with Crippen molar-refractivity contribution < 1.29 is 14.7 Å². The number of likely N-dealkylation sites (N-methyl/N-ethyl adjacent to an activating group) is 1. The van der Waals surface area contributed by atoms with Crippen molar-refractivity contribution in [3.8, 4) is 0 Å². The number of rotatable bonds is 4. The molecule has 2 N–H and O–H groups in total. The number of aliphatic carboxylic acids is 1. The fourth-order valence-electron chi connectivity index (χ4n) is 0.548. The van der Waals surface area contributed by atoms with Crippen LogP contribution in [0.15, 0.2) is 12.2 Å². The van der Waals surface area contributed by atoms with Gasteiger partial charge >= 0.3 is 5.97 Å². The minimum atomic E-state index is -1.04. The van der Waals surface area contributed by atoms with Crippen LogP contribution in [0.2, 0.25) is 0 Å². The number of nitrogens with one attached hydrogen (secondary N) is 1. The predicted molar refractivity (Wildman–Crippen MR) is 40.1 cm³/mol. The molecule has 11 heavy (non-hydrogen) atoms. The standard InChI is InChI=1S/C7H11NO3/c1-3-8-7(11)5(2)4-6(9)10/h2-4H2,1H3,(H,8,11)(H,9,10). The Bertz CT molecular complexity index is 186. The molecule has 0 rings (SSSR count). The summed E-state index contributed by atoms with van der Waals surface area (Å²) in [5.74, 6) is -1.43. The van der Waals surface area contributed by atoms with Crippen LogP contribution in [0.4, 0.5) is 0 Å². The Labute approximate surface area is 64.9 Å². The molecule has 0 aliphatic carbocycles. The minimum absolute atomic E-state index is 0.0827. The van der Waals surface area contributed by atoms with Crippen molar-refractivity contribution >= 4 is 11.9 Å². The second-order valence-electron chi connectivity index (χ2n) is 2.03. The number of carbonyl (C=O) groups excluding carboxylic acids is 1. The maximum atomic E-state index is 10.8. The summed E-state index contributed by atoms with van der Waals surface area (Å²) in [5, 5.41) is 10.7. The van der Waals surface area contributed by atoms with E-state index in [2.05, 4.69) is 11.9 Å². The van der Waals surface area contributed by atoms with Gasteiger partial charge in [0.2, 0.25) is 5.91 Å². The predicted octanol–water partition coefficient (Wildman–Crippen LogP) is 0.153. The molecule has 0 heterocycles. The van der Waals surface area contributed by atoms with Crippen LogP contribution in [-0.4, -0.2) is 23.5 Å². The average molecular weight is 157 g/mol. The van der Waals surface area contributed by atoms with Gasteiger partial charge in [-0.3, -0.25) is 9.59 Å². The summed E-state index contributed by atoms with van der Waals surface area (Å²) in [4.78, 5) is 20.9. The van der Waals surface area contributed by atoms with Crippen molar-refractivity contribution in [3.63, 3.8) is 0 Å². The Hall–Kier alpha value is -1.32. The molecule has 0 radical (unpaired) electrons. The minimum Gasteiger partial charge on any atom is -0.481 e. The highest BCUT2D eigenvalue weighted by atomic mass is 16.4. The summed E-state index contributed by atoms with van der Waals surface area (Å²) < 4.78 is 0. The second kappa shape index (κ2) is 4.49. The molecule has 0 atom stereocenters. The molecule has 4 heteroatoms. The largest absolute Gasteiger partial charge is 0.481 e. The SMILES string of the molecule is C=C(CC(=O)O)C(=O)NCC. The van der Waals surface area contributed by atoms with Crippen LogP contribution in [0, 0.1) is 0 Å². The van der Waals surface area contributed by atoms with Crippen LogP contribution in [0.5, 0.6) is 0 Å². The molecule has 0 saturated carbocycles. The van der Waals surface area contributed by atoms with Gasteiger partial charge in [-0.15, -0.1) is 0 Å². The molecule has 0 aromatic rings. The molecule has 0 aromatic carbocycles. The van der Waals surface area contributed by atoms with Crippen LogP contribution in [0.3, 0.4) is 0 Å². The Morgan fingerprint density at radius 1 is 1.55 bits per heavy atom. The smallest absolute Gasteiger partial charge is 0.308 e. The van der Waals surface area contributed by atoms with Crippen molar-refractivity contribution in [2.24, 2.45) is 0 Å². The van der Waals surface area contributed by atoms with Gasteiger partial charge < -0.3 is 10.4 Å². The van der Waals surface area contributed by atoms with E-state index in [-0.39, 0.29) is 12.0 Å². The normalized spacial score (nSPS) is 8.82. The summed E-state index contributed by atoms with van der Waals surface area (Å²) in [6.07, 6.45) is -0.300. The quantitative estimate of drug-likeness (QED) is 0.571. The first kappa shape index (κ1) is 9.68. The van der Waals surface area contributed by atoms with E-state index in [9.17, 15) is 9.59 Å². The molecular formula is C7H11NO3. The Balaban J connectivity index is 3.83. The zero-order chi connectivity index (χ0) is 8.85. The van der Waals surface area contributed by atoms with Crippen LogP contribution in [0.1, 0.15) is 13.3 Å². The second-order valence-corrected chi connectivity index (χ2v) is 2.03. The Morgan fingerprint density at radius 3 is 2.45 bits per heavy atom. The molecule has 0 fully saturated rings. The van der Waals surface area contributed by atoms with E-state index < -0.39 is 11.9 Å². The fraction of sp³-hybridized carbons (Fsp3) is 0.429. The van der Waals surface area contributed by atoms with Crippen LogP contribution >= 0.6 is 0 Å². The van der Waals surface area contributed by atoms with E-state index in [0.29, 0.717) is 6.54 Å². The molecule has 62 valence electrons. The zero-order valence-corrected chi connectivity index (χ0v) is 6.39. The highest BCUT2D eigenvalue weighted by Crippen LogP contribution is 1.96. The summed E-state index contributed by atoms with van der Waals surface area (Å²) in [5.41, 5.74) is 0.0827. The van der Waals surface area contributed by atoms with E-state index in [1.807, 2.05) is 0 Å². The van der Waals surface area contributed by atoms with E-state index in [4.69, 9.17) is 5.11 Å². The number of hydrogen-bond donors (Lipinski definition) is 2. The zero-order valence-electron chi connectivity index (χ0n) is 6.39. The van der Waals surface area contributed by atoms with Gasteiger partial charge in [-0.25, -0.2) is 0 Å². The van der Waals surface area contributed by atoms with Gasteiger partial charge in [0.15, 0.2) is 0 Å². The number of carboxylic acid groups (broad SMARTS) is 1. The third kappa shape index (κ3) is 4.13. The first-order chi connectivity index (χ1) is 5.07. The molecule has 0 aliphatic rings. The van der Waals surface area contributed by atoms with Gasteiger partial charge in [0.05, 0.1) is 6.42 Å². The molecule has 0 bridgehead atoms. The number of carboxylic acids is 1. The van der Waals surface area contributed by atoms with E-state index in [1.165, 1.54) is 0 Å². The van der Waals surface area contributed by atoms with E-state index >= 15 is 0 Å². The molecule has 0 aromatic heterocycles. The molecule has 4 nitrogen and oxygen atoms in total. The molecule has 0 aliphatic heterocycles. The number of amides is 1. The van der Waals surface area contributed by atoms with Gasteiger partial charge in [0.25, 0.3) is 0 Å². The number of carbonyl (C=O) groups is 2. The van der Waals surface area contributed by atoms with Crippen molar-refractivity contribution in [1.82, 2.24) is 5.32 Å². The van der Waals surface area contributed by atoms with Gasteiger partial charge in [-0.1, -0.05) is 6.58 Å². The maximum Gasteiger partial charge on any atom is 0.308 e. The van der Waals surface area contributed by atoms with E-state index in [1.54, 1.807) is 6.92 Å². The summed E-state index contributed by atoms with van der Waals surface area (Å²) in [7, 11) is 0. The van der Waals surface area contributed by atoms with Gasteiger partial charge in [0.1, 0.15) is 0 Å². The molecule has 0 spiro atoms. The monoisotopic (exact) mass is 157 g/mol. The number of hydrogen-bond acceptors (Lipinski definition) is 2. The van der Waals surface area contributed by atoms with Gasteiger partial charge in [-0.05, 0) is 6.92 Å². The highest BCUT2D eigenvalue weighted by Gasteiger charge is 2.08. The topological polar surface area (TPSA) is 66.4 Å². The van der Waals surface area contributed by atoms with E-state index in [0.717, 1.165) is 0 Å². The Kier molecular flexibility index (Phi) is 3.95. The first-order valence-electron chi connectivity index (χ1n) is 3.25. The Morgan fingerprint density at radius 2 is 2.09 bits per heavy atom. The van der Waals surface area contributed by atoms with Crippen LogP contribution in [0.25, 0.3) is 0 Å². The van der Waals surface area contributed by atoms with Crippen LogP contribution < -0.4 is 5.32 Å². The lowest BCUT2D eigenvalue weighted by molar-refractivity contribution is -0.137. The lowest BCUT2D eigenvalue weighted by Gasteiger charge is -2.01. The third-order valence-corrected chi connectivity index (χ3v) is 1.02. The lowest BCUT2D eigenvalue weighted by Crippen LogP contribution is -2.25. The molecule has 0 unspecified atom stereocenters. The molecular weight excluding hydrogens is 146 g/mol. The van der Waals surface area contributed by atoms with Crippen LogP contribution in [-0.2, 0) is 9.59 Å². The fourth-order valence-corrected chi connectivity index (χ4v) is 0.548. The third-order valence-electron chi connectivity index (χ3n) is 1.02. The molecule has 1 amide bonds. The maximum absolute atomic E-state index is 10.8. The highest BCUT2D eigenvalue weighted by molar-refractivity contribution is 5.96. The van der Waals surface area contributed by atoms with Gasteiger partial charge in [0, 0.05) is 12.1 Å². The van der Waals surface area contributed by atoms with Crippen molar-refractivity contribution in [2.75, 3.05) is 6.54 Å². The average Bonchev–Trinajstić information content (AvgIpc) is 1.86. The summed E-state index contributed by atoms with van der Waals surface area (Å²) in [6.45, 7) is 5.56.